The van der Waals surface area contributed by atoms with Gasteiger partial charge in [0.2, 0.25) is 5.95 Å². The van der Waals surface area contributed by atoms with E-state index in [-0.39, 0.29) is 1.43 Å². The molecule has 2 heterocycles. The van der Waals surface area contributed by atoms with Gasteiger partial charge in [-0.15, -0.1) is 0 Å². The highest BCUT2D eigenvalue weighted by atomic mass is 16.5. The summed E-state index contributed by atoms with van der Waals surface area (Å²) in [7, 11) is 6.25. The highest BCUT2D eigenvalue weighted by molar-refractivity contribution is 5.62. The van der Waals surface area contributed by atoms with Crippen LogP contribution in [0.15, 0.2) is 66.9 Å². The van der Waals surface area contributed by atoms with Crippen LogP contribution >= 0.6 is 0 Å². The number of hydrogen-bond donors (Lipinski definition) is 1. The summed E-state index contributed by atoms with van der Waals surface area (Å²) in [6.07, 6.45) is 1.78. The molecule has 1 aliphatic heterocycles. The van der Waals surface area contributed by atoms with Crippen molar-refractivity contribution in [3.8, 4) is 11.3 Å². The van der Waals surface area contributed by atoms with Crippen LogP contribution in [0.3, 0.4) is 0 Å². The molecule has 0 amide bonds. The van der Waals surface area contributed by atoms with Gasteiger partial charge in [0.15, 0.2) is 0 Å². The number of hydrogen-bond acceptors (Lipinski definition) is 6. The molecule has 0 aliphatic carbocycles. The fourth-order valence-corrected chi connectivity index (χ4v) is 3.08. The summed E-state index contributed by atoms with van der Waals surface area (Å²) in [5.74, 6) is 0.603. The van der Waals surface area contributed by atoms with E-state index in [1.807, 2.05) is 36.4 Å². The summed E-state index contributed by atoms with van der Waals surface area (Å²) < 4.78 is 5.10. The molecule has 1 fully saturated rings. The van der Waals surface area contributed by atoms with Crippen LogP contribution in [0.4, 0.5) is 11.6 Å². The Kier molecular flexibility index (Phi) is 8.32. The van der Waals surface area contributed by atoms with Crippen molar-refractivity contribution < 1.29 is 6.16 Å². The number of rotatable bonds is 5. The Morgan fingerprint density at radius 2 is 1.80 bits per heavy atom. The Hall–Kier alpha value is -2.80. The number of para-hydroxylation sites is 1. The molecule has 0 unspecified atom stereocenters. The summed E-state index contributed by atoms with van der Waals surface area (Å²) in [5.41, 5.74) is 4.26. The summed E-state index contributed by atoms with van der Waals surface area (Å²) in [4.78, 5) is 13.3. The maximum atomic E-state index is 5.10. The average Bonchev–Trinajstić information content (AvgIpc) is 2.75. The normalized spacial score (nSPS) is 14.1. The fraction of sp³-hybridized carbons (Fsp3) is 0.333. The molecule has 160 valence electrons. The van der Waals surface area contributed by atoms with Gasteiger partial charge in [0.1, 0.15) is 0 Å². The maximum Gasteiger partial charge on any atom is 0.227 e. The predicted molar refractivity (Wildman–Crippen MR) is 125 cm³/mol. The SMILES string of the molecule is CN(C)Cc1cccc(-c2ccnc(Nc3ccccc3)n2)c1.CN1CCOCC1.[HH]. The summed E-state index contributed by atoms with van der Waals surface area (Å²) in [6, 6.07) is 20.3. The van der Waals surface area contributed by atoms with Gasteiger partial charge in [-0.3, -0.25) is 0 Å². The van der Waals surface area contributed by atoms with Crippen molar-refractivity contribution in [1.29, 1.82) is 0 Å². The van der Waals surface area contributed by atoms with Gasteiger partial charge in [-0.05, 0) is 51.0 Å². The Morgan fingerprint density at radius 1 is 1.03 bits per heavy atom. The number of morpholine rings is 1. The van der Waals surface area contributed by atoms with E-state index >= 15 is 0 Å². The molecule has 1 aromatic heterocycles. The molecular weight excluding hydrogens is 374 g/mol. The standard InChI is InChI=1S/C19H20N4.C5H11NO.H2/c1-23(2)14-15-7-6-8-16(13-15)18-11-12-20-19(22-18)21-17-9-4-3-5-10-17;1-6-2-4-7-5-3-6;/h3-13H,14H2,1-2H3,(H,20,21,22);2-5H2,1H3;1H. The zero-order valence-corrected chi connectivity index (χ0v) is 18.1. The van der Waals surface area contributed by atoms with E-state index in [9.17, 15) is 0 Å². The lowest BCUT2D eigenvalue weighted by molar-refractivity contribution is 0.0503. The lowest BCUT2D eigenvalue weighted by Gasteiger charge is -2.21. The van der Waals surface area contributed by atoms with Crippen LogP contribution < -0.4 is 5.32 Å². The van der Waals surface area contributed by atoms with Crippen molar-refractivity contribution in [3.05, 3.63) is 72.4 Å². The smallest absolute Gasteiger partial charge is 0.227 e. The van der Waals surface area contributed by atoms with E-state index in [0.29, 0.717) is 5.95 Å². The monoisotopic (exact) mass is 407 g/mol. The Labute approximate surface area is 181 Å². The van der Waals surface area contributed by atoms with Gasteiger partial charge in [0.25, 0.3) is 0 Å². The first kappa shape index (κ1) is 21.9. The predicted octanol–water partition coefficient (Wildman–Crippen LogP) is 4.14. The molecule has 1 saturated heterocycles. The number of benzene rings is 2. The first-order valence-corrected chi connectivity index (χ1v) is 10.3. The number of ether oxygens (including phenoxy) is 1. The highest BCUT2D eigenvalue weighted by Crippen LogP contribution is 2.21. The molecule has 0 bridgehead atoms. The molecule has 6 nitrogen and oxygen atoms in total. The van der Waals surface area contributed by atoms with Gasteiger partial charge < -0.3 is 19.9 Å². The molecule has 30 heavy (non-hydrogen) atoms. The van der Waals surface area contributed by atoms with Gasteiger partial charge in [0, 0.05) is 38.5 Å². The van der Waals surface area contributed by atoms with Gasteiger partial charge in [-0.2, -0.15) is 0 Å². The first-order valence-electron chi connectivity index (χ1n) is 10.3. The lowest BCUT2D eigenvalue weighted by atomic mass is 10.1. The number of likely N-dealkylation sites (N-methyl/N-ethyl adjacent to an activating group) is 1. The van der Waals surface area contributed by atoms with E-state index in [1.165, 1.54) is 5.56 Å². The van der Waals surface area contributed by atoms with E-state index in [1.54, 1.807) is 6.20 Å². The third kappa shape index (κ3) is 7.22. The first-order chi connectivity index (χ1) is 14.6. The second kappa shape index (κ2) is 11.4. The van der Waals surface area contributed by atoms with Crippen LogP contribution in [-0.4, -0.2) is 67.2 Å². The van der Waals surface area contributed by atoms with Crippen LogP contribution in [0, 0.1) is 0 Å². The topological polar surface area (TPSA) is 53.5 Å². The third-order valence-electron chi connectivity index (χ3n) is 4.64. The second-order valence-corrected chi connectivity index (χ2v) is 7.61. The Morgan fingerprint density at radius 3 is 2.47 bits per heavy atom. The zero-order valence-electron chi connectivity index (χ0n) is 18.1. The number of nitrogens with zero attached hydrogens (tertiary/aromatic N) is 4. The van der Waals surface area contributed by atoms with Gasteiger partial charge >= 0.3 is 0 Å². The van der Waals surface area contributed by atoms with Crippen LogP contribution in [0.1, 0.15) is 6.99 Å². The lowest BCUT2D eigenvalue weighted by Crippen LogP contribution is -2.32. The third-order valence-corrected chi connectivity index (χ3v) is 4.64. The molecule has 6 heteroatoms. The average molecular weight is 408 g/mol. The van der Waals surface area contributed by atoms with Crippen molar-refractivity contribution in [2.75, 3.05) is 52.8 Å². The molecule has 1 N–H and O–H groups in total. The molecule has 3 aromatic rings. The van der Waals surface area contributed by atoms with Crippen LogP contribution in [0.5, 0.6) is 0 Å². The number of nitrogens with one attached hydrogen (secondary N) is 1. The minimum Gasteiger partial charge on any atom is -0.379 e. The maximum absolute atomic E-state index is 5.10. The number of anilines is 2. The van der Waals surface area contributed by atoms with E-state index in [4.69, 9.17) is 4.74 Å². The van der Waals surface area contributed by atoms with Gasteiger partial charge in [-0.1, -0.05) is 36.4 Å². The highest BCUT2D eigenvalue weighted by Gasteiger charge is 2.05. The van der Waals surface area contributed by atoms with Crippen molar-refractivity contribution in [2.24, 2.45) is 0 Å². The molecular formula is C24H33N5O. The molecule has 0 radical (unpaired) electrons. The summed E-state index contributed by atoms with van der Waals surface area (Å²) in [6.45, 7) is 4.93. The molecule has 4 rings (SSSR count). The van der Waals surface area contributed by atoms with E-state index in [0.717, 1.165) is 49.8 Å². The Balaban J connectivity index is 0.000000364. The minimum absolute atomic E-state index is 0. The van der Waals surface area contributed by atoms with Crippen molar-refractivity contribution in [2.45, 2.75) is 6.54 Å². The van der Waals surface area contributed by atoms with Gasteiger partial charge in [0.05, 0.1) is 18.9 Å². The zero-order chi connectivity index (χ0) is 21.2. The number of aromatic nitrogens is 2. The van der Waals surface area contributed by atoms with Crippen molar-refractivity contribution >= 4 is 11.6 Å². The largest absolute Gasteiger partial charge is 0.379 e. The molecule has 0 saturated carbocycles. The minimum atomic E-state index is 0. The molecule has 0 spiro atoms. The van der Waals surface area contributed by atoms with E-state index in [2.05, 4.69) is 70.5 Å². The summed E-state index contributed by atoms with van der Waals surface area (Å²) >= 11 is 0. The Bertz CT molecular complexity index is 901. The second-order valence-electron chi connectivity index (χ2n) is 7.61. The summed E-state index contributed by atoms with van der Waals surface area (Å²) in [5, 5.41) is 3.23. The molecule has 1 aliphatic rings. The fourth-order valence-electron chi connectivity index (χ4n) is 3.08. The van der Waals surface area contributed by atoms with Crippen LogP contribution in [0.2, 0.25) is 0 Å². The van der Waals surface area contributed by atoms with E-state index < -0.39 is 0 Å². The quantitative estimate of drug-likeness (QED) is 0.686. The van der Waals surface area contributed by atoms with Crippen LogP contribution in [0.25, 0.3) is 11.3 Å². The van der Waals surface area contributed by atoms with Crippen molar-refractivity contribution in [3.63, 3.8) is 0 Å². The van der Waals surface area contributed by atoms with Crippen molar-refractivity contribution in [1.82, 2.24) is 19.8 Å². The van der Waals surface area contributed by atoms with Gasteiger partial charge in [-0.25, -0.2) is 9.97 Å². The molecule has 0 atom stereocenters. The van der Waals surface area contributed by atoms with Crippen LogP contribution in [-0.2, 0) is 11.3 Å². The molecule has 2 aromatic carbocycles.